The topological polar surface area (TPSA) is 47.0 Å². The van der Waals surface area contributed by atoms with Crippen molar-refractivity contribution in [3.8, 4) is 11.3 Å². The molecule has 1 N–H and O–H groups in total. The average Bonchev–Trinajstić information content (AvgIpc) is 2.87. The van der Waals surface area contributed by atoms with Crippen molar-refractivity contribution in [2.45, 2.75) is 26.7 Å². The van der Waals surface area contributed by atoms with Gasteiger partial charge in [0.25, 0.3) is 0 Å². The maximum Gasteiger partial charge on any atom is 0.183 e. The molecule has 5 heteroatoms. The van der Waals surface area contributed by atoms with Crippen LogP contribution in [0.2, 0.25) is 0 Å². The van der Waals surface area contributed by atoms with E-state index in [4.69, 9.17) is 4.74 Å². The molecule has 0 aliphatic rings. The van der Waals surface area contributed by atoms with Crippen LogP contribution in [0.4, 0.5) is 5.13 Å². The SMILES string of the molecule is COCCNc1nc(-c2ccc(C(C)C)nc2C)cs1. The van der Waals surface area contributed by atoms with Gasteiger partial charge in [-0.2, -0.15) is 0 Å². The molecule has 0 saturated heterocycles. The minimum absolute atomic E-state index is 0.449. The van der Waals surface area contributed by atoms with Crippen molar-refractivity contribution in [2.75, 3.05) is 25.6 Å². The zero-order valence-corrected chi connectivity index (χ0v) is 13.3. The number of rotatable bonds is 6. The summed E-state index contributed by atoms with van der Waals surface area (Å²) in [4.78, 5) is 9.26. The van der Waals surface area contributed by atoms with E-state index in [9.17, 15) is 0 Å². The maximum absolute atomic E-state index is 5.01. The molecule has 0 bridgehead atoms. The van der Waals surface area contributed by atoms with Crippen LogP contribution in [-0.2, 0) is 4.74 Å². The van der Waals surface area contributed by atoms with Crippen LogP contribution in [0, 0.1) is 6.92 Å². The minimum Gasteiger partial charge on any atom is -0.383 e. The van der Waals surface area contributed by atoms with Gasteiger partial charge in [0.2, 0.25) is 0 Å². The van der Waals surface area contributed by atoms with E-state index in [1.807, 2.05) is 6.92 Å². The third-order valence-electron chi connectivity index (χ3n) is 3.06. The molecule has 0 amide bonds. The van der Waals surface area contributed by atoms with Crippen molar-refractivity contribution in [3.05, 3.63) is 28.9 Å². The zero-order chi connectivity index (χ0) is 14.5. The molecule has 0 spiro atoms. The van der Waals surface area contributed by atoms with E-state index in [1.165, 1.54) is 0 Å². The van der Waals surface area contributed by atoms with Gasteiger partial charge in [0.05, 0.1) is 12.3 Å². The third-order valence-corrected chi connectivity index (χ3v) is 3.86. The fourth-order valence-electron chi connectivity index (χ4n) is 1.91. The Kier molecular flexibility index (Phi) is 5.09. The summed E-state index contributed by atoms with van der Waals surface area (Å²) >= 11 is 1.61. The van der Waals surface area contributed by atoms with Crippen LogP contribution in [0.1, 0.15) is 31.2 Å². The van der Waals surface area contributed by atoms with Gasteiger partial charge >= 0.3 is 0 Å². The fraction of sp³-hybridized carbons (Fsp3) is 0.467. The Morgan fingerprint density at radius 3 is 2.75 bits per heavy atom. The number of anilines is 1. The first-order chi connectivity index (χ1) is 9.61. The predicted molar refractivity (Wildman–Crippen MR) is 84.5 cm³/mol. The molecule has 108 valence electrons. The quantitative estimate of drug-likeness (QED) is 0.824. The van der Waals surface area contributed by atoms with Gasteiger partial charge in [-0.3, -0.25) is 4.98 Å². The number of ether oxygens (including phenoxy) is 1. The summed E-state index contributed by atoms with van der Waals surface area (Å²) in [6.07, 6.45) is 0. The zero-order valence-electron chi connectivity index (χ0n) is 12.4. The second kappa shape index (κ2) is 6.81. The van der Waals surface area contributed by atoms with Crippen molar-refractivity contribution in [2.24, 2.45) is 0 Å². The molecular weight excluding hydrogens is 270 g/mol. The second-order valence-corrected chi connectivity index (χ2v) is 5.84. The van der Waals surface area contributed by atoms with Crippen molar-refractivity contribution in [3.63, 3.8) is 0 Å². The van der Waals surface area contributed by atoms with Crippen LogP contribution >= 0.6 is 11.3 Å². The number of nitrogens with one attached hydrogen (secondary N) is 1. The number of methoxy groups -OCH3 is 1. The second-order valence-electron chi connectivity index (χ2n) is 4.98. The summed E-state index contributed by atoms with van der Waals surface area (Å²) in [5.74, 6) is 0.449. The number of aromatic nitrogens is 2. The first-order valence-electron chi connectivity index (χ1n) is 6.78. The molecule has 0 aliphatic carbocycles. The molecule has 0 saturated carbocycles. The Balaban J connectivity index is 2.15. The van der Waals surface area contributed by atoms with Gasteiger partial charge in [0.1, 0.15) is 0 Å². The number of aryl methyl sites for hydroxylation is 1. The van der Waals surface area contributed by atoms with E-state index in [2.05, 4.69) is 46.6 Å². The first-order valence-corrected chi connectivity index (χ1v) is 7.66. The summed E-state index contributed by atoms with van der Waals surface area (Å²) in [5.41, 5.74) is 4.24. The molecule has 0 aliphatic heterocycles. The highest BCUT2D eigenvalue weighted by Crippen LogP contribution is 2.27. The summed E-state index contributed by atoms with van der Waals surface area (Å²) in [6, 6.07) is 4.20. The van der Waals surface area contributed by atoms with E-state index < -0.39 is 0 Å². The molecule has 4 nitrogen and oxygen atoms in total. The third kappa shape index (κ3) is 3.55. The highest BCUT2D eigenvalue weighted by atomic mass is 32.1. The number of nitrogens with zero attached hydrogens (tertiary/aromatic N) is 2. The molecule has 20 heavy (non-hydrogen) atoms. The number of thiazole rings is 1. The standard InChI is InChI=1S/C15H21N3OS/c1-10(2)13-6-5-12(11(3)17-13)14-9-20-15(18-14)16-7-8-19-4/h5-6,9-10H,7-8H2,1-4H3,(H,16,18). The van der Waals surface area contributed by atoms with Gasteiger partial charge in [0, 0.05) is 36.0 Å². The normalized spacial score (nSPS) is 11.1. The van der Waals surface area contributed by atoms with E-state index in [-0.39, 0.29) is 0 Å². The molecule has 0 atom stereocenters. The monoisotopic (exact) mass is 291 g/mol. The lowest BCUT2D eigenvalue weighted by Gasteiger charge is -2.08. The van der Waals surface area contributed by atoms with Crippen LogP contribution in [0.5, 0.6) is 0 Å². The van der Waals surface area contributed by atoms with Crippen LogP contribution < -0.4 is 5.32 Å². The molecule has 0 aromatic carbocycles. The number of pyridine rings is 1. The summed E-state index contributed by atoms with van der Waals surface area (Å²) in [5, 5.41) is 6.23. The van der Waals surface area contributed by atoms with Crippen LogP contribution in [0.3, 0.4) is 0 Å². The largest absolute Gasteiger partial charge is 0.383 e. The van der Waals surface area contributed by atoms with Crippen LogP contribution in [0.15, 0.2) is 17.5 Å². The van der Waals surface area contributed by atoms with Crippen molar-refractivity contribution in [1.82, 2.24) is 9.97 Å². The molecule has 2 rings (SSSR count). The minimum atomic E-state index is 0.449. The molecule has 2 aromatic rings. The van der Waals surface area contributed by atoms with Crippen LogP contribution in [-0.4, -0.2) is 30.2 Å². The maximum atomic E-state index is 5.01. The van der Waals surface area contributed by atoms with Gasteiger partial charge in [-0.05, 0) is 25.0 Å². The molecule has 2 aromatic heterocycles. The van der Waals surface area contributed by atoms with E-state index >= 15 is 0 Å². The number of hydrogen-bond donors (Lipinski definition) is 1. The Morgan fingerprint density at radius 2 is 2.10 bits per heavy atom. The highest BCUT2D eigenvalue weighted by Gasteiger charge is 2.10. The van der Waals surface area contributed by atoms with Gasteiger partial charge in [-0.25, -0.2) is 4.98 Å². The Labute approximate surface area is 124 Å². The van der Waals surface area contributed by atoms with Crippen molar-refractivity contribution < 1.29 is 4.74 Å². The lowest BCUT2D eigenvalue weighted by Crippen LogP contribution is -2.07. The fourth-order valence-corrected chi connectivity index (χ4v) is 2.65. The molecule has 0 unspecified atom stereocenters. The molecular formula is C15H21N3OS. The summed E-state index contributed by atoms with van der Waals surface area (Å²) < 4.78 is 5.01. The highest BCUT2D eigenvalue weighted by molar-refractivity contribution is 7.14. The average molecular weight is 291 g/mol. The lowest BCUT2D eigenvalue weighted by molar-refractivity contribution is 0.211. The van der Waals surface area contributed by atoms with Crippen LogP contribution in [0.25, 0.3) is 11.3 Å². The summed E-state index contributed by atoms with van der Waals surface area (Å²) in [7, 11) is 1.69. The van der Waals surface area contributed by atoms with Gasteiger partial charge in [0.15, 0.2) is 5.13 Å². The lowest BCUT2D eigenvalue weighted by atomic mass is 10.1. The Bertz CT molecular complexity index is 566. The Morgan fingerprint density at radius 1 is 1.30 bits per heavy atom. The van der Waals surface area contributed by atoms with Gasteiger partial charge < -0.3 is 10.1 Å². The van der Waals surface area contributed by atoms with Crippen molar-refractivity contribution in [1.29, 1.82) is 0 Å². The van der Waals surface area contributed by atoms with E-state index in [1.54, 1.807) is 18.4 Å². The first kappa shape index (κ1) is 14.9. The van der Waals surface area contributed by atoms with E-state index in [0.717, 1.165) is 34.3 Å². The van der Waals surface area contributed by atoms with Crippen molar-refractivity contribution >= 4 is 16.5 Å². The molecule has 0 radical (unpaired) electrons. The Hall–Kier alpha value is -1.46. The summed E-state index contributed by atoms with van der Waals surface area (Å²) in [6.45, 7) is 7.80. The number of hydrogen-bond acceptors (Lipinski definition) is 5. The van der Waals surface area contributed by atoms with E-state index in [0.29, 0.717) is 12.5 Å². The van der Waals surface area contributed by atoms with Gasteiger partial charge in [-0.1, -0.05) is 13.8 Å². The molecule has 2 heterocycles. The smallest absolute Gasteiger partial charge is 0.183 e. The predicted octanol–water partition coefficient (Wildman–Crippen LogP) is 3.70. The van der Waals surface area contributed by atoms with Gasteiger partial charge in [-0.15, -0.1) is 11.3 Å². The molecule has 0 fully saturated rings.